The number of benzene rings is 3. The molecule has 3 aromatic rings. The van der Waals surface area contributed by atoms with Crippen LogP contribution in [0.4, 0.5) is 11.4 Å². The van der Waals surface area contributed by atoms with Crippen LogP contribution in [-0.4, -0.2) is 27.4 Å². The van der Waals surface area contributed by atoms with E-state index in [2.05, 4.69) is 14.9 Å². The topological polar surface area (TPSA) is 102 Å². The molecule has 4 rings (SSSR count). The average molecular weight is 475 g/mol. The minimum Gasteiger partial charge on any atom is -0.372 e. The predicted molar refractivity (Wildman–Crippen MR) is 132 cm³/mol. The lowest BCUT2D eigenvalue weighted by molar-refractivity contribution is 0.102. The van der Waals surface area contributed by atoms with Gasteiger partial charge in [-0.05, 0) is 73.4 Å². The van der Waals surface area contributed by atoms with E-state index >= 15 is 0 Å². The highest BCUT2D eigenvalue weighted by molar-refractivity contribution is 7.89. The fourth-order valence-electron chi connectivity index (χ4n) is 3.93. The molecular weight excluding hydrogens is 448 g/mol. The molecule has 7 nitrogen and oxygen atoms in total. The predicted octanol–water partition coefficient (Wildman–Crippen LogP) is 4.28. The molecule has 0 atom stereocenters. The largest absolute Gasteiger partial charge is 0.372 e. The number of carbonyl (C=O) groups is 1. The van der Waals surface area contributed by atoms with E-state index in [0.29, 0.717) is 11.1 Å². The van der Waals surface area contributed by atoms with Crippen molar-refractivity contribution in [2.75, 3.05) is 23.3 Å². The van der Waals surface area contributed by atoms with Crippen molar-refractivity contribution >= 4 is 27.3 Å². The number of nitrogens with zero attached hydrogens (tertiary/aromatic N) is 2. The van der Waals surface area contributed by atoms with E-state index in [4.69, 9.17) is 5.26 Å². The van der Waals surface area contributed by atoms with Crippen molar-refractivity contribution in [2.45, 2.75) is 30.7 Å². The van der Waals surface area contributed by atoms with Gasteiger partial charge in [0.15, 0.2) is 0 Å². The van der Waals surface area contributed by atoms with Crippen LogP contribution in [0, 0.1) is 11.3 Å². The fourth-order valence-corrected chi connectivity index (χ4v) is 5.11. The molecule has 34 heavy (non-hydrogen) atoms. The van der Waals surface area contributed by atoms with Gasteiger partial charge in [-0.25, -0.2) is 13.1 Å². The van der Waals surface area contributed by atoms with Crippen molar-refractivity contribution in [1.82, 2.24) is 4.72 Å². The molecule has 0 aliphatic carbocycles. The molecule has 2 N–H and O–H groups in total. The van der Waals surface area contributed by atoms with Crippen LogP contribution in [0.2, 0.25) is 0 Å². The number of carbonyl (C=O) groups excluding carboxylic acids is 1. The van der Waals surface area contributed by atoms with E-state index in [1.165, 1.54) is 37.1 Å². The molecule has 3 aromatic carbocycles. The smallest absolute Gasteiger partial charge is 0.255 e. The Bertz CT molecular complexity index is 1290. The maximum atomic E-state index is 12.6. The van der Waals surface area contributed by atoms with Gasteiger partial charge in [0, 0.05) is 36.6 Å². The second-order valence-electron chi connectivity index (χ2n) is 8.18. The lowest BCUT2D eigenvalue weighted by atomic mass is 10.1. The maximum Gasteiger partial charge on any atom is 0.255 e. The van der Waals surface area contributed by atoms with E-state index in [9.17, 15) is 13.2 Å². The zero-order valence-electron chi connectivity index (χ0n) is 18.7. The molecule has 1 heterocycles. The average Bonchev–Trinajstić information content (AvgIpc) is 2.88. The molecule has 1 aliphatic rings. The van der Waals surface area contributed by atoms with Crippen LogP contribution in [-0.2, 0) is 16.6 Å². The Labute approximate surface area is 200 Å². The van der Waals surface area contributed by atoms with Crippen LogP contribution in [0.5, 0.6) is 0 Å². The molecule has 0 spiro atoms. The van der Waals surface area contributed by atoms with Crippen molar-refractivity contribution in [3.8, 4) is 6.07 Å². The Morgan fingerprint density at radius 2 is 1.59 bits per heavy atom. The molecular formula is C26H26N4O3S. The summed E-state index contributed by atoms with van der Waals surface area (Å²) in [7, 11) is -3.84. The van der Waals surface area contributed by atoms with Crippen LogP contribution in [0.3, 0.4) is 0 Å². The first-order chi connectivity index (χ1) is 16.5. The summed E-state index contributed by atoms with van der Waals surface area (Å²) < 4.78 is 27.6. The van der Waals surface area contributed by atoms with Crippen LogP contribution in [0.15, 0.2) is 77.7 Å². The van der Waals surface area contributed by atoms with Gasteiger partial charge in [-0.1, -0.05) is 24.3 Å². The number of nitriles is 1. The van der Waals surface area contributed by atoms with Crippen LogP contribution in [0.1, 0.15) is 40.7 Å². The summed E-state index contributed by atoms with van der Waals surface area (Å²) in [6.07, 6.45) is 3.71. The van der Waals surface area contributed by atoms with Crippen molar-refractivity contribution in [1.29, 1.82) is 5.26 Å². The molecule has 174 valence electrons. The molecule has 1 aliphatic heterocycles. The van der Waals surface area contributed by atoms with Gasteiger partial charge in [-0.3, -0.25) is 4.79 Å². The number of rotatable bonds is 7. The Kier molecular flexibility index (Phi) is 7.26. The number of hydrogen-bond acceptors (Lipinski definition) is 5. The summed E-state index contributed by atoms with van der Waals surface area (Å²) in [5.41, 5.74) is 3.15. The van der Waals surface area contributed by atoms with Gasteiger partial charge in [-0.15, -0.1) is 0 Å². The second-order valence-corrected chi connectivity index (χ2v) is 9.91. The first-order valence-corrected chi connectivity index (χ1v) is 12.7. The number of anilines is 2. The Morgan fingerprint density at radius 1 is 0.912 bits per heavy atom. The monoisotopic (exact) mass is 474 g/mol. The molecule has 0 saturated carbocycles. The van der Waals surface area contributed by atoms with E-state index in [-0.39, 0.29) is 22.9 Å². The highest BCUT2D eigenvalue weighted by atomic mass is 32.2. The van der Waals surface area contributed by atoms with Crippen molar-refractivity contribution < 1.29 is 13.2 Å². The fraction of sp³-hybridized carbons (Fsp3) is 0.231. The third-order valence-electron chi connectivity index (χ3n) is 5.83. The van der Waals surface area contributed by atoms with E-state index in [0.717, 1.165) is 18.8 Å². The van der Waals surface area contributed by atoms with Gasteiger partial charge in [-0.2, -0.15) is 5.26 Å². The highest BCUT2D eigenvalue weighted by Crippen LogP contribution is 2.22. The maximum absolute atomic E-state index is 12.6. The minimum atomic E-state index is -3.84. The Morgan fingerprint density at radius 3 is 2.26 bits per heavy atom. The summed E-state index contributed by atoms with van der Waals surface area (Å²) in [5.74, 6) is -0.235. The van der Waals surface area contributed by atoms with E-state index in [1.54, 1.807) is 36.4 Å². The molecule has 0 unspecified atom stereocenters. The van der Waals surface area contributed by atoms with Crippen LogP contribution in [0.25, 0.3) is 0 Å². The van der Waals surface area contributed by atoms with Crippen molar-refractivity contribution in [2.24, 2.45) is 0 Å². The number of nitrogens with one attached hydrogen (secondary N) is 2. The summed E-state index contributed by atoms with van der Waals surface area (Å²) in [4.78, 5) is 14.9. The van der Waals surface area contributed by atoms with Crippen LogP contribution < -0.4 is 14.9 Å². The SMILES string of the molecule is N#Cc1ccccc1S(=O)(=O)NCc1ccc(C(=O)Nc2ccc(N3CCCCC3)cc2)cc1. The number of amides is 1. The van der Waals surface area contributed by atoms with Crippen LogP contribution >= 0.6 is 0 Å². The Balaban J connectivity index is 1.35. The molecule has 0 bridgehead atoms. The molecule has 1 fully saturated rings. The molecule has 0 aromatic heterocycles. The molecule has 8 heteroatoms. The zero-order valence-corrected chi connectivity index (χ0v) is 19.5. The lowest BCUT2D eigenvalue weighted by Crippen LogP contribution is -2.29. The number of piperidine rings is 1. The quantitative estimate of drug-likeness (QED) is 0.532. The standard InChI is InChI=1S/C26H26N4O3S/c27-18-22-6-2-3-7-25(22)34(32,33)28-19-20-8-10-21(11-9-20)26(31)29-23-12-14-24(15-13-23)30-16-4-1-5-17-30/h2-3,6-15,28H,1,4-5,16-17,19H2,(H,29,31). The van der Waals surface area contributed by atoms with Gasteiger partial charge in [0.2, 0.25) is 10.0 Å². The summed E-state index contributed by atoms with van der Waals surface area (Å²) in [6.45, 7) is 2.18. The molecule has 0 radical (unpaired) electrons. The summed E-state index contributed by atoms with van der Waals surface area (Å²) in [6, 6.07) is 22.5. The number of sulfonamides is 1. The van der Waals surface area contributed by atoms with Gasteiger partial charge >= 0.3 is 0 Å². The summed E-state index contributed by atoms with van der Waals surface area (Å²) in [5, 5.41) is 12.0. The molecule has 1 saturated heterocycles. The Hall–Kier alpha value is -3.67. The van der Waals surface area contributed by atoms with E-state index in [1.807, 2.05) is 30.3 Å². The van der Waals surface area contributed by atoms with Gasteiger partial charge in [0.25, 0.3) is 5.91 Å². The van der Waals surface area contributed by atoms with Gasteiger partial charge < -0.3 is 10.2 Å². The van der Waals surface area contributed by atoms with Crippen molar-refractivity contribution in [3.63, 3.8) is 0 Å². The number of hydrogen-bond donors (Lipinski definition) is 2. The minimum absolute atomic E-state index is 0.0436. The van der Waals surface area contributed by atoms with E-state index < -0.39 is 10.0 Å². The zero-order chi connectivity index (χ0) is 24.0. The normalized spacial score (nSPS) is 13.8. The third kappa shape index (κ3) is 5.63. The molecule has 1 amide bonds. The van der Waals surface area contributed by atoms with Gasteiger partial charge in [0.1, 0.15) is 6.07 Å². The third-order valence-corrected chi connectivity index (χ3v) is 7.29. The lowest BCUT2D eigenvalue weighted by Gasteiger charge is -2.28. The highest BCUT2D eigenvalue weighted by Gasteiger charge is 2.18. The van der Waals surface area contributed by atoms with Gasteiger partial charge in [0.05, 0.1) is 10.5 Å². The summed E-state index contributed by atoms with van der Waals surface area (Å²) >= 11 is 0. The second kappa shape index (κ2) is 10.5. The first-order valence-electron chi connectivity index (χ1n) is 11.2. The van der Waals surface area contributed by atoms with Crippen molar-refractivity contribution in [3.05, 3.63) is 89.5 Å². The first kappa shape index (κ1) is 23.5.